The summed E-state index contributed by atoms with van der Waals surface area (Å²) in [5.41, 5.74) is 0. The SMILES string of the molecule is COCCN(CCOC)OCOCCSC. The molecule has 0 fully saturated rings. The minimum atomic E-state index is 0.286. The van der Waals surface area contributed by atoms with E-state index < -0.39 is 0 Å². The zero-order chi connectivity index (χ0) is 12.1. The lowest BCUT2D eigenvalue weighted by molar-refractivity contribution is -0.229. The highest BCUT2D eigenvalue weighted by molar-refractivity contribution is 7.98. The minimum Gasteiger partial charge on any atom is -0.383 e. The van der Waals surface area contributed by atoms with Crippen LogP contribution in [0.2, 0.25) is 0 Å². The van der Waals surface area contributed by atoms with Gasteiger partial charge in [0.2, 0.25) is 0 Å². The van der Waals surface area contributed by atoms with Gasteiger partial charge < -0.3 is 14.2 Å². The van der Waals surface area contributed by atoms with E-state index in [0.717, 1.165) is 5.75 Å². The lowest BCUT2D eigenvalue weighted by Crippen LogP contribution is -2.32. The molecule has 0 N–H and O–H groups in total. The predicted octanol–water partition coefficient (Wildman–Crippen LogP) is 0.850. The summed E-state index contributed by atoms with van der Waals surface area (Å²) in [4.78, 5) is 5.43. The third kappa shape index (κ3) is 10.7. The molecule has 0 bridgehead atoms. The molecule has 98 valence electrons. The van der Waals surface area contributed by atoms with Crippen LogP contribution < -0.4 is 0 Å². The average molecular weight is 253 g/mol. The van der Waals surface area contributed by atoms with Gasteiger partial charge in [-0.15, -0.1) is 0 Å². The molecule has 0 amide bonds. The van der Waals surface area contributed by atoms with Crippen molar-refractivity contribution < 1.29 is 19.0 Å². The van der Waals surface area contributed by atoms with Crippen LogP contribution in [-0.2, 0) is 19.0 Å². The van der Waals surface area contributed by atoms with Gasteiger partial charge in [-0.05, 0) is 6.26 Å². The molecule has 0 radical (unpaired) electrons. The molecule has 0 heterocycles. The van der Waals surface area contributed by atoms with Crippen molar-refractivity contribution in [3.05, 3.63) is 0 Å². The Labute approximate surface area is 102 Å². The number of nitrogens with zero attached hydrogens (tertiary/aromatic N) is 1. The Morgan fingerprint density at radius 1 is 1.00 bits per heavy atom. The van der Waals surface area contributed by atoms with E-state index >= 15 is 0 Å². The second kappa shape index (κ2) is 13.2. The van der Waals surface area contributed by atoms with Gasteiger partial charge in [0, 0.05) is 33.1 Å². The molecule has 0 aromatic carbocycles. The van der Waals surface area contributed by atoms with Gasteiger partial charge in [0.1, 0.15) is 0 Å². The normalized spacial score (nSPS) is 11.2. The molecule has 0 saturated heterocycles. The highest BCUT2D eigenvalue weighted by atomic mass is 32.2. The van der Waals surface area contributed by atoms with Gasteiger partial charge in [-0.3, -0.25) is 4.84 Å². The van der Waals surface area contributed by atoms with Crippen LogP contribution in [0.5, 0.6) is 0 Å². The topological polar surface area (TPSA) is 40.2 Å². The summed E-state index contributed by atoms with van der Waals surface area (Å²) in [5, 5.41) is 1.80. The fraction of sp³-hybridized carbons (Fsp3) is 1.00. The molecule has 0 aromatic heterocycles. The van der Waals surface area contributed by atoms with Gasteiger partial charge in [-0.1, -0.05) is 0 Å². The standard InChI is InChI=1S/C10H23NO4S/c1-12-6-4-11(5-7-13-2)15-10-14-8-9-16-3/h4-10H2,1-3H3. The highest BCUT2D eigenvalue weighted by Crippen LogP contribution is 1.94. The summed E-state index contributed by atoms with van der Waals surface area (Å²) in [5.74, 6) is 0.986. The van der Waals surface area contributed by atoms with Crippen molar-refractivity contribution in [1.29, 1.82) is 0 Å². The minimum absolute atomic E-state index is 0.286. The van der Waals surface area contributed by atoms with Crippen LogP contribution in [0.25, 0.3) is 0 Å². The van der Waals surface area contributed by atoms with E-state index in [9.17, 15) is 0 Å². The van der Waals surface area contributed by atoms with Gasteiger partial charge in [0.05, 0.1) is 19.8 Å². The van der Waals surface area contributed by atoms with Crippen LogP contribution in [0.15, 0.2) is 0 Å². The number of hydrogen-bond acceptors (Lipinski definition) is 6. The number of hydroxylamine groups is 2. The number of methoxy groups -OCH3 is 2. The van der Waals surface area contributed by atoms with E-state index in [4.69, 9.17) is 19.0 Å². The smallest absolute Gasteiger partial charge is 0.167 e. The number of ether oxygens (including phenoxy) is 3. The van der Waals surface area contributed by atoms with E-state index in [1.807, 2.05) is 6.26 Å². The van der Waals surface area contributed by atoms with Crippen LogP contribution >= 0.6 is 11.8 Å². The monoisotopic (exact) mass is 253 g/mol. The largest absolute Gasteiger partial charge is 0.383 e. The van der Waals surface area contributed by atoms with Crippen molar-refractivity contribution in [1.82, 2.24) is 5.06 Å². The molecular formula is C10H23NO4S. The Morgan fingerprint density at radius 2 is 1.62 bits per heavy atom. The van der Waals surface area contributed by atoms with Crippen LogP contribution in [0, 0.1) is 0 Å². The fourth-order valence-electron chi connectivity index (χ4n) is 0.940. The molecule has 0 aliphatic heterocycles. The molecule has 0 atom stereocenters. The van der Waals surface area contributed by atoms with Crippen LogP contribution in [-0.4, -0.2) is 71.0 Å². The third-order valence-electron chi connectivity index (χ3n) is 1.84. The summed E-state index contributed by atoms with van der Waals surface area (Å²) in [7, 11) is 3.34. The third-order valence-corrected chi connectivity index (χ3v) is 2.41. The quantitative estimate of drug-likeness (QED) is 0.292. The Morgan fingerprint density at radius 3 is 2.12 bits per heavy atom. The zero-order valence-corrected chi connectivity index (χ0v) is 11.3. The van der Waals surface area contributed by atoms with E-state index in [1.54, 1.807) is 31.0 Å². The van der Waals surface area contributed by atoms with E-state index in [0.29, 0.717) is 32.9 Å². The summed E-state index contributed by atoms with van der Waals surface area (Å²) >= 11 is 1.75. The first-order chi connectivity index (χ1) is 7.85. The molecule has 0 aliphatic rings. The molecule has 0 rings (SSSR count). The molecule has 0 saturated carbocycles. The van der Waals surface area contributed by atoms with Crippen molar-refractivity contribution in [3.63, 3.8) is 0 Å². The van der Waals surface area contributed by atoms with Crippen LogP contribution in [0.1, 0.15) is 0 Å². The first kappa shape index (κ1) is 16.1. The molecule has 0 spiro atoms. The summed E-state index contributed by atoms with van der Waals surface area (Å²) in [6.45, 7) is 3.69. The first-order valence-electron chi connectivity index (χ1n) is 5.27. The van der Waals surface area contributed by atoms with Crippen LogP contribution in [0.4, 0.5) is 0 Å². The maximum atomic E-state index is 5.43. The molecule has 5 nitrogen and oxygen atoms in total. The average Bonchev–Trinajstić information content (AvgIpc) is 2.31. The fourth-order valence-corrected chi connectivity index (χ4v) is 1.22. The summed E-state index contributed by atoms with van der Waals surface area (Å²) in [6.07, 6.45) is 2.05. The molecule has 6 heteroatoms. The van der Waals surface area contributed by atoms with Crippen molar-refractivity contribution in [2.24, 2.45) is 0 Å². The molecule has 0 aliphatic carbocycles. The summed E-state index contributed by atoms with van der Waals surface area (Å²) in [6, 6.07) is 0. The van der Waals surface area contributed by atoms with Crippen molar-refractivity contribution >= 4 is 11.8 Å². The van der Waals surface area contributed by atoms with Gasteiger partial charge in [0.25, 0.3) is 0 Å². The Bertz CT molecular complexity index is 132. The first-order valence-corrected chi connectivity index (χ1v) is 6.67. The second-order valence-electron chi connectivity index (χ2n) is 3.06. The maximum Gasteiger partial charge on any atom is 0.167 e. The summed E-state index contributed by atoms with van der Waals surface area (Å²) < 4.78 is 15.3. The van der Waals surface area contributed by atoms with Gasteiger partial charge in [0.15, 0.2) is 6.79 Å². The zero-order valence-electron chi connectivity index (χ0n) is 10.4. The lowest BCUT2D eigenvalue weighted by atomic mass is 10.6. The van der Waals surface area contributed by atoms with Gasteiger partial charge in [-0.25, -0.2) is 0 Å². The lowest BCUT2D eigenvalue weighted by Gasteiger charge is -2.20. The Kier molecular flexibility index (Phi) is 13.3. The number of hydrogen-bond donors (Lipinski definition) is 0. The molecule has 0 aromatic rings. The van der Waals surface area contributed by atoms with E-state index in [1.165, 1.54) is 0 Å². The maximum absolute atomic E-state index is 5.43. The molecule has 0 unspecified atom stereocenters. The molecular weight excluding hydrogens is 230 g/mol. The van der Waals surface area contributed by atoms with Crippen LogP contribution in [0.3, 0.4) is 0 Å². The second-order valence-corrected chi connectivity index (χ2v) is 4.05. The van der Waals surface area contributed by atoms with Gasteiger partial charge in [-0.2, -0.15) is 16.8 Å². The Hall–Kier alpha value is 0.150. The van der Waals surface area contributed by atoms with Crippen molar-refractivity contribution in [2.45, 2.75) is 0 Å². The molecule has 16 heavy (non-hydrogen) atoms. The van der Waals surface area contributed by atoms with E-state index in [-0.39, 0.29) is 6.79 Å². The van der Waals surface area contributed by atoms with Crippen molar-refractivity contribution in [2.75, 3.05) is 65.9 Å². The highest BCUT2D eigenvalue weighted by Gasteiger charge is 2.04. The van der Waals surface area contributed by atoms with E-state index in [2.05, 4.69) is 0 Å². The predicted molar refractivity (Wildman–Crippen MR) is 65.6 cm³/mol. The van der Waals surface area contributed by atoms with Crippen molar-refractivity contribution in [3.8, 4) is 0 Å². The number of rotatable bonds is 12. The van der Waals surface area contributed by atoms with Gasteiger partial charge >= 0.3 is 0 Å². The Balaban J connectivity index is 3.48. The number of thioether (sulfide) groups is 1.